The summed E-state index contributed by atoms with van der Waals surface area (Å²) >= 11 is 0. The van der Waals surface area contributed by atoms with Crippen LogP contribution >= 0.6 is 7.82 Å². The molecule has 0 spiro atoms. The van der Waals surface area contributed by atoms with E-state index in [0.29, 0.717) is 25.7 Å². The lowest BCUT2D eigenvalue weighted by atomic mass is 9.89. The van der Waals surface area contributed by atoms with Gasteiger partial charge in [0.25, 0.3) is 11.6 Å². The van der Waals surface area contributed by atoms with Gasteiger partial charge in [0.1, 0.15) is 104 Å². The van der Waals surface area contributed by atoms with Crippen molar-refractivity contribution < 1.29 is 177 Å². The summed E-state index contributed by atoms with van der Waals surface area (Å²) in [6.07, 6.45) is -40.5. The fourth-order valence-corrected chi connectivity index (χ4v) is 13.6. The average Bonchev–Trinajstić information content (AvgIpc) is 0.746. The highest BCUT2D eigenvalue weighted by molar-refractivity contribution is 7.46. The SMILES string of the molecule is CCCCCCCCCCC[C@@H](O)CC(=O)N[C@H]1[C@H](OC[C@H]2O[C@H](O)[C@H](N)[C@@H](O)[C@@H]2O)O[C@H](CO[C@]2(C(=O)O)C[C@@H](O[C@]3(C(=O)O)C[C@@H](O)[C@@H](O)[C@@H]([C@H](O)CO)O3)[C@@H](O[C@H]3O[C@H]([C@@H](O)CO)[C@@H](O)[C@H](O)[C@@H]3O)[C@@H]([C@H](O)CO)O2)[C@@H](OP(=O)(O)O)[C@@H]1OC(=O)C[C@H](O)CCCCCCCCCCC. The molecule has 0 saturated carbocycles. The van der Waals surface area contributed by atoms with Crippen LogP contribution in [-0.2, 0) is 75.6 Å². The molecule has 5 aliphatic heterocycles. The molecule has 596 valence electrons. The quantitative estimate of drug-likeness (QED) is 0.0155. The van der Waals surface area contributed by atoms with E-state index in [4.69, 9.17) is 57.6 Å². The third kappa shape index (κ3) is 25.8. The van der Waals surface area contributed by atoms with E-state index in [1.54, 1.807) is 0 Å². The molecule has 0 aromatic heterocycles. The van der Waals surface area contributed by atoms with E-state index in [2.05, 4.69) is 19.2 Å². The van der Waals surface area contributed by atoms with Crippen LogP contribution in [0.1, 0.15) is 168 Å². The van der Waals surface area contributed by atoms with Crippen molar-refractivity contribution in [2.24, 2.45) is 5.73 Å². The maximum Gasteiger partial charge on any atom is 0.470 e. The Kier molecular flexibility index (Phi) is 38.0. The predicted molar refractivity (Wildman–Crippen MR) is 343 cm³/mol. The molecular formula is C63H113N2O36P. The van der Waals surface area contributed by atoms with Crippen LogP contribution in [0.4, 0.5) is 0 Å². The molecule has 5 saturated heterocycles. The first-order valence-corrected chi connectivity index (χ1v) is 36.8. The molecule has 0 aliphatic carbocycles. The fraction of sp³-hybridized carbons (Fsp3) is 0.937. The van der Waals surface area contributed by atoms with Crippen LogP contribution in [0, 0.1) is 0 Å². The molecule has 0 aromatic rings. The van der Waals surface area contributed by atoms with Gasteiger partial charge in [0.2, 0.25) is 5.91 Å². The fourth-order valence-electron chi connectivity index (χ4n) is 13.0. The van der Waals surface area contributed by atoms with Gasteiger partial charge in [-0.15, -0.1) is 0 Å². The van der Waals surface area contributed by atoms with Gasteiger partial charge >= 0.3 is 25.7 Å². The highest BCUT2D eigenvalue weighted by Crippen LogP contribution is 2.46. The van der Waals surface area contributed by atoms with E-state index in [9.17, 15) is 125 Å². The zero-order chi connectivity index (χ0) is 75.8. The Morgan fingerprint density at radius 2 is 1.06 bits per heavy atom. The summed E-state index contributed by atoms with van der Waals surface area (Å²) in [7, 11) is -6.02. The second-order valence-corrected chi connectivity index (χ2v) is 28.3. The van der Waals surface area contributed by atoms with Crippen molar-refractivity contribution in [3.05, 3.63) is 0 Å². The van der Waals surface area contributed by atoms with Gasteiger partial charge in [0.05, 0.1) is 76.3 Å². The highest BCUT2D eigenvalue weighted by Gasteiger charge is 2.64. The van der Waals surface area contributed by atoms with E-state index in [1.165, 1.54) is 0 Å². The maximum absolute atomic E-state index is 14.3. The topological polar surface area (TPSA) is 630 Å². The Hall–Kier alpha value is -3.05. The van der Waals surface area contributed by atoms with Crippen molar-refractivity contribution in [3.63, 3.8) is 0 Å². The lowest BCUT2D eigenvalue weighted by molar-refractivity contribution is -0.400. The molecule has 5 fully saturated rings. The summed E-state index contributed by atoms with van der Waals surface area (Å²) in [6, 6.07) is -3.69. The van der Waals surface area contributed by atoms with Gasteiger partial charge in [-0.3, -0.25) is 14.1 Å². The molecule has 0 radical (unpaired) electrons. The van der Waals surface area contributed by atoms with Gasteiger partial charge in [0, 0.05) is 12.8 Å². The zero-order valence-corrected chi connectivity index (χ0v) is 58.4. The second-order valence-electron chi connectivity index (χ2n) is 27.1. The largest absolute Gasteiger partial charge is 0.477 e. The third-order valence-electron chi connectivity index (χ3n) is 18.9. The molecule has 5 aliphatic rings. The molecule has 0 unspecified atom stereocenters. The molecule has 102 heavy (non-hydrogen) atoms. The van der Waals surface area contributed by atoms with Crippen molar-refractivity contribution in [3.8, 4) is 0 Å². The molecular weight excluding hydrogens is 1390 g/mol. The number of rotatable bonds is 46. The number of aliphatic hydroxyl groups excluding tert-OH is 16. The summed E-state index contributed by atoms with van der Waals surface area (Å²) in [4.78, 5) is 77.7. The number of aliphatic hydroxyl groups is 16. The van der Waals surface area contributed by atoms with Crippen LogP contribution in [0.5, 0.6) is 0 Å². The minimum atomic E-state index is -6.02. The smallest absolute Gasteiger partial charge is 0.470 e. The molecule has 23 N–H and O–H groups in total. The number of ether oxygens (including phenoxy) is 10. The lowest BCUT2D eigenvalue weighted by Gasteiger charge is -2.52. The summed E-state index contributed by atoms with van der Waals surface area (Å²) in [5.74, 6) is -14.0. The number of carboxylic acid groups (broad SMARTS) is 2. The van der Waals surface area contributed by atoms with Crippen LogP contribution in [0.25, 0.3) is 0 Å². The Balaban J connectivity index is 1.63. The molecule has 5 heterocycles. The van der Waals surface area contributed by atoms with Crippen LogP contribution in [0.3, 0.4) is 0 Å². The maximum atomic E-state index is 14.3. The van der Waals surface area contributed by atoms with E-state index in [-0.39, 0.29) is 12.8 Å². The molecule has 39 heteroatoms. The normalized spacial score (nSPS) is 36.1. The summed E-state index contributed by atoms with van der Waals surface area (Å²) in [6.45, 7) is -2.25. The monoisotopic (exact) mass is 1500 g/mol. The van der Waals surface area contributed by atoms with Gasteiger partial charge in [-0.05, 0) is 12.8 Å². The summed E-state index contributed by atoms with van der Waals surface area (Å²) < 4.78 is 77.3. The molecule has 5 rings (SSSR count). The number of hydrogen-bond donors (Lipinski definition) is 22. The average molecular weight is 1510 g/mol. The van der Waals surface area contributed by atoms with Crippen LogP contribution < -0.4 is 11.1 Å². The molecule has 0 aromatic carbocycles. The number of nitrogens with two attached hydrogens (primary N) is 1. The predicted octanol–water partition coefficient (Wildman–Crippen LogP) is -4.77. The highest BCUT2D eigenvalue weighted by atomic mass is 31.2. The van der Waals surface area contributed by atoms with E-state index in [1.807, 2.05) is 0 Å². The molecule has 38 nitrogen and oxygen atoms in total. The minimum absolute atomic E-state index is 0.0331. The molecule has 28 atom stereocenters. The molecule has 0 bridgehead atoms. The number of carbonyl (C=O) groups is 4. The molecule has 1 amide bonds. The number of unbranched alkanes of at least 4 members (excludes halogenated alkanes) is 16. The van der Waals surface area contributed by atoms with Crippen molar-refractivity contribution in [2.75, 3.05) is 33.0 Å². The van der Waals surface area contributed by atoms with E-state index >= 15 is 0 Å². The summed E-state index contributed by atoms with van der Waals surface area (Å²) in [5.41, 5.74) is 5.81. The number of amides is 1. The van der Waals surface area contributed by atoms with Gasteiger partial charge in [-0.1, -0.05) is 129 Å². The third-order valence-corrected chi connectivity index (χ3v) is 19.4. The Morgan fingerprint density at radius 1 is 0.549 bits per heavy atom. The van der Waals surface area contributed by atoms with Crippen LogP contribution in [-0.4, -0.2) is 329 Å². The standard InChI is InChI=1S/C63H113N2O36P/c1-3-5-7-9-11-13-15-17-19-21-32(69)23-41(75)65-44-56(95-42(76)24-33(70)22-20-18-16-14-12-10-8-6-4-2)55(101-102(88,89)90)40(94-58(44)91-30-39-46(78)47(79)43(64)57(83)93-39)31-92-62(60(84)85)26-38(98-63(61(86)87)25-34(71)45(77)52(99-63)36(73)28-67)54(53(100-62)37(74)29-68)97-59-50(82)48(80)49(81)51(96-59)35(72)27-66/h32-40,43-59,66-74,77-83H,3-31,64H2,1-2H3,(H,65,75)(H,84,85)(H,86,87)(H2,88,89,90)/t32-,33-,34-,35+,36-,37-,38-,39-,40-,43-,44-,45-,46-,47-,48+,49+,50+,51-,52-,53-,54-,55-,56-,57+,58-,59-,62-,63-/m1/s1. The lowest BCUT2D eigenvalue weighted by Crippen LogP contribution is -2.70. The van der Waals surface area contributed by atoms with Gasteiger partial charge < -0.3 is 160 Å². The number of aliphatic carboxylic acids is 2. The minimum Gasteiger partial charge on any atom is -0.477 e. The number of phosphoric ester groups is 1. The van der Waals surface area contributed by atoms with Crippen molar-refractivity contribution in [1.82, 2.24) is 5.32 Å². The first-order chi connectivity index (χ1) is 48.2. The van der Waals surface area contributed by atoms with Gasteiger partial charge in [-0.25, -0.2) is 14.2 Å². The number of carbonyl (C=O) groups excluding carboxylic acids is 2. The second kappa shape index (κ2) is 43.2. The first kappa shape index (κ1) is 89.6. The number of nitrogens with one attached hydrogen (secondary N) is 1. The van der Waals surface area contributed by atoms with Gasteiger partial charge in [0.15, 0.2) is 25.0 Å². The van der Waals surface area contributed by atoms with Crippen LogP contribution in [0.15, 0.2) is 0 Å². The van der Waals surface area contributed by atoms with Crippen molar-refractivity contribution in [1.29, 1.82) is 0 Å². The van der Waals surface area contributed by atoms with Crippen LogP contribution in [0.2, 0.25) is 0 Å². The Labute approximate surface area is 590 Å². The van der Waals surface area contributed by atoms with Gasteiger partial charge in [-0.2, -0.15) is 0 Å². The zero-order valence-electron chi connectivity index (χ0n) is 57.5. The van der Waals surface area contributed by atoms with E-state index in [0.717, 1.165) is 89.9 Å². The Bertz CT molecular complexity index is 2520. The number of esters is 1. The summed E-state index contributed by atoms with van der Waals surface area (Å²) in [5, 5.41) is 198. The number of hydrogen-bond acceptors (Lipinski definition) is 33. The van der Waals surface area contributed by atoms with Crippen molar-refractivity contribution >= 4 is 31.6 Å². The number of carboxylic acids is 2. The van der Waals surface area contributed by atoms with Crippen molar-refractivity contribution in [2.45, 2.75) is 339 Å². The number of phosphoric acid groups is 1. The first-order valence-electron chi connectivity index (χ1n) is 35.3. The Morgan fingerprint density at radius 3 is 1.59 bits per heavy atom. The van der Waals surface area contributed by atoms with E-state index < -0.39 is 261 Å².